The number of ether oxygens (including phenoxy) is 2. The number of piperazine rings is 1. The van der Waals surface area contributed by atoms with Gasteiger partial charge in [-0.15, -0.1) is 0 Å². The summed E-state index contributed by atoms with van der Waals surface area (Å²) < 4.78 is 13.1. The quantitative estimate of drug-likeness (QED) is 0.305. The molecule has 0 N–H and O–H groups in total. The van der Waals surface area contributed by atoms with Crippen LogP contribution in [0, 0.1) is 28.1 Å². The minimum atomic E-state index is -0.434. The van der Waals surface area contributed by atoms with Crippen molar-refractivity contribution < 1.29 is 9.47 Å². The molecule has 8 rings (SSSR count). The Bertz CT molecular complexity index is 1670. The van der Waals surface area contributed by atoms with Crippen LogP contribution >= 0.6 is 0 Å². The highest BCUT2D eigenvalue weighted by Crippen LogP contribution is 2.39. The smallest absolute Gasteiger partial charge is 0.212 e. The maximum atomic E-state index is 9.78. The number of nitriles is 2. The Morgan fingerprint density at radius 3 is 2.52 bits per heavy atom. The van der Waals surface area contributed by atoms with Crippen LogP contribution in [0.15, 0.2) is 55.1 Å². The molecule has 3 saturated heterocycles. The maximum absolute atomic E-state index is 9.78. The van der Waals surface area contributed by atoms with Gasteiger partial charge in [-0.05, 0) is 43.0 Å². The van der Waals surface area contributed by atoms with Gasteiger partial charge >= 0.3 is 0 Å². The van der Waals surface area contributed by atoms with Crippen LogP contribution in [0.25, 0.3) is 16.6 Å². The first-order valence-electron chi connectivity index (χ1n) is 14.5. The van der Waals surface area contributed by atoms with Crippen molar-refractivity contribution in [1.82, 2.24) is 24.5 Å². The molecule has 4 aromatic rings. The Hall–Kier alpha value is -4.67. The second-order valence-corrected chi connectivity index (χ2v) is 11.7. The van der Waals surface area contributed by atoms with Crippen LogP contribution < -0.4 is 14.4 Å². The topological polar surface area (TPSA) is 116 Å². The molecule has 10 heteroatoms. The van der Waals surface area contributed by atoms with E-state index in [1.54, 1.807) is 24.0 Å². The van der Waals surface area contributed by atoms with Crippen LogP contribution in [0.4, 0.5) is 5.82 Å². The molecule has 1 aliphatic carbocycles. The first-order valence-corrected chi connectivity index (χ1v) is 14.5. The first-order chi connectivity index (χ1) is 20.6. The predicted molar refractivity (Wildman–Crippen MR) is 156 cm³/mol. The summed E-state index contributed by atoms with van der Waals surface area (Å²) in [4.78, 5) is 14.1. The average molecular weight is 561 g/mol. The third kappa shape index (κ3) is 4.68. The minimum Gasteiger partial charge on any atom is -0.490 e. The molecule has 4 aromatic heterocycles. The molecule has 4 fully saturated rings. The monoisotopic (exact) mass is 560 g/mol. The Balaban J connectivity index is 1.08. The summed E-state index contributed by atoms with van der Waals surface area (Å²) in [5, 5.41) is 23.9. The van der Waals surface area contributed by atoms with E-state index in [0.29, 0.717) is 35.9 Å². The van der Waals surface area contributed by atoms with E-state index >= 15 is 0 Å². The SMILES string of the molecule is COc1ccc(CN2C3CC2CN(c2ccc(-c4cc(OCC5(C#N)CCCC5)cn5ncc(C#N)c45)cn2)C3)cn1. The van der Waals surface area contributed by atoms with Gasteiger partial charge in [0.25, 0.3) is 0 Å². The lowest BCUT2D eigenvalue weighted by atomic mass is 9.87. The van der Waals surface area contributed by atoms with Gasteiger partial charge in [-0.1, -0.05) is 18.9 Å². The molecule has 2 unspecified atom stereocenters. The fourth-order valence-corrected chi connectivity index (χ4v) is 6.74. The van der Waals surface area contributed by atoms with Gasteiger partial charge in [0.05, 0.1) is 42.1 Å². The summed E-state index contributed by atoms with van der Waals surface area (Å²) in [7, 11) is 1.63. The lowest BCUT2D eigenvalue weighted by molar-refractivity contribution is -0.00876. The molecule has 2 bridgehead atoms. The molecule has 10 nitrogen and oxygen atoms in total. The lowest BCUT2D eigenvalue weighted by Crippen LogP contribution is -2.68. The molecule has 0 amide bonds. The van der Waals surface area contributed by atoms with Gasteiger partial charge in [-0.3, -0.25) is 4.90 Å². The number of hydrogen-bond donors (Lipinski definition) is 0. The van der Waals surface area contributed by atoms with E-state index in [1.165, 1.54) is 12.0 Å². The molecular formula is C32H32N8O2. The number of piperidine rings is 1. The fraction of sp³-hybridized carbons (Fsp3) is 0.406. The Kier molecular flexibility index (Phi) is 6.64. The van der Waals surface area contributed by atoms with Crippen molar-refractivity contribution >= 4 is 11.3 Å². The molecule has 212 valence electrons. The van der Waals surface area contributed by atoms with E-state index in [2.05, 4.69) is 50.2 Å². The standard InChI is InChI=1S/C32H32N8O2/c1-41-30-7-4-22(13-36-30)16-39-25-10-26(39)18-38(17-25)29-6-5-23(14-35-29)28-11-27(19-40-31(28)24(12-33)15-37-40)42-21-32(20-34)8-2-3-9-32/h4-7,11,13-15,19,25-26H,2-3,8-10,16-18,21H2,1H3. The predicted octanol–water partition coefficient (Wildman–Crippen LogP) is 4.60. The van der Waals surface area contributed by atoms with Crippen LogP contribution in [0.5, 0.6) is 11.6 Å². The van der Waals surface area contributed by atoms with Crippen molar-refractivity contribution in [3.63, 3.8) is 0 Å². The van der Waals surface area contributed by atoms with Gasteiger partial charge in [-0.2, -0.15) is 15.6 Å². The first kappa shape index (κ1) is 26.2. The van der Waals surface area contributed by atoms with Crippen LogP contribution in [0.2, 0.25) is 0 Å². The van der Waals surface area contributed by atoms with E-state index in [0.717, 1.165) is 67.8 Å². The van der Waals surface area contributed by atoms with E-state index in [-0.39, 0.29) is 0 Å². The second-order valence-electron chi connectivity index (χ2n) is 11.7. The summed E-state index contributed by atoms with van der Waals surface area (Å²) in [5.41, 5.74) is 3.70. The van der Waals surface area contributed by atoms with Crippen LogP contribution in [-0.4, -0.2) is 63.4 Å². The number of nitrogens with zero attached hydrogens (tertiary/aromatic N) is 8. The van der Waals surface area contributed by atoms with Gasteiger partial charge in [0.15, 0.2) is 0 Å². The molecule has 42 heavy (non-hydrogen) atoms. The van der Waals surface area contributed by atoms with E-state index in [9.17, 15) is 10.5 Å². The number of anilines is 1. The molecule has 4 aliphatic rings. The highest BCUT2D eigenvalue weighted by atomic mass is 16.5. The van der Waals surface area contributed by atoms with Gasteiger partial charge in [0.1, 0.15) is 24.2 Å². The number of methoxy groups -OCH3 is 1. The number of rotatable bonds is 8. The van der Waals surface area contributed by atoms with Gasteiger partial charge in [-0.25, -0.2) is 14.5 Å². The number of hydrogen-bond acceptors (Lipinski definition) is 9. The molecule has 0 aromatic carbocycles. The maximum Gasteiger partial charge on any atom is 0.212 e. The fourth-order valence-electron chi connectivity index (χ4n) is 6.74. The summed E-state index contributed by atoms with van der Waals surface area (Å²) in [6.45, 7) is 3.11. The molecular weight excluding hydrogens is 528 g/mol. The average Bonchev–Trinajstić information content (AvgIpc) is 3.70. The number of fused-ring (bicyclic) bond motifs is 3. The van der Waals surface area contributed by atoms with Crippen molar-refractivity contribution in [2.75, 3.05) is 31.7 Å². The van der Waals surface area contributed by atoms with E-state index < -0.39 is 5.41 Å². The summed E-state index contributed by atoms with van der Waals surface area (Å²) >= 11 is 0. The lowest BCUT2D eigenvalue weighted by Gasteiger charge is -2.56. The largest absolute Gasteiger partial charge is 0.490 e. The molecule has 1 saturated carbocycles. The third-order valence-electron chi connectivity index (χ3n) is 9.12. The molecule has 3 aliphatic heterocycles. The summed E-state index contributed by atoms with van der Waals surface area (Å²) in [6, 6.07) is 15.8. The second kappa shape index (κ2) is 10.6. The van der Waals surface area contributed by atoms with Crippen LogP contribution in [0.1, 0.15) is 43.2 Å². The molecule has 2 atom stereocenters. The number of aromatic nitrogens is 4. The third-order valence-corrected chi connectivity index (χ3v) is 9.12. The Morgan fingerprint density at radius 1 is 1.02 bits per heavy atom. The van der Waals surface area contributed by atoms with E-state index in [4.69, 9.17) is 14.5 Å². The zero-order valence-corrected chi connectivity index (χ0v) is 23.6. The highest BCUT2D eigenvalue weighted by molar-refractivity contribution is 5.85. The zero-order chi connectivity index (χ0) is 28.7. The molecule has 7 heterocycles. The van der Waals surface area contributed by atoms with Crippen LogP contribution in [0.3, 0.4) is 0 Å². The van der Waals surface area contributed by atoms with Gasteiger partial charge in [0, 0.05) is 61.3 Å². The summed E-state index contributed by atoms with van der Waals surface area (Å²) in [5.74, 6) is 2.21. The van der Waals surface area contributed by atoms with Crippen LogP contribution in [-0.2, 0) is 6.54 Å². The highest BCUT2D eigenvalue weighted by Gasteiger charge is 2.44. The van der Waals surface area contributed by atoms with Gasteiger partial charge < -0.3 is 14.4 Å². The zero-order valence-electron chi connectivity index (χ0n) is 23.6. The van der Waals surface area contributed by atoms with Crippen molar-refractivity contribution in [3.8, 4) is 34.9 Å². The van der Waals surface area contributed by atoms with Gasteiger partial charge in [0.2, 0.25) is 5.88 Å². The Morgan fingerprint density at radius 2 is 1.86 bits per heavy atom. The van der Waals surface area contributed by atoms with Crippen molar-refractivity contribution in [3.05, 3.63) is 66.2 Å². The van der Waals surface area contributed by atoms with Crippen molar-refractivity contribution in [2.24, 2.45) is 5.41 Å². The summed E-state index contributed by atoms with van der Waals surface area (Å²) in [6.07, 6.45) is 12.2. The van der Waals surface area contributed by atoms with Crippen molar-refractivity contribution in [2.45, 2.75) is 50.7 Å². The molecule has 0 radical (unpaired) electrons. The molecule has 0 spiro atoms. The Labute approximate surface area is 244 Å². The normalized spacial score (nSPS) is 21.0. The minimum absolute atomic E-state index is 0.349. The number of pyridine rings is 3. The van der Waals surface area contributed by atoms with Crippen molar-refractivity contribution in [1.29, 1.82) is 10.5 Å². The van der Waals surface area contributed by atoms with E-state index in [1.807, 2.05) is 24.5 Å².